The minimum Gasteiger partial charge on any atom is -0.353 e. The first-order valence-corrected chi connectivity index (χ1v) is 4.91. The second kappa shape index (κ2) is 6.62. The zero-order valence-electron chi connectivity index (χ0n) is 9.83. The van der Waals surface area contributed by atoms with Gasteiger partial charge in [-0.3, -0.25) is 10.4 Å². The molecule has 0 saturated heterocycles. The molecule has 0 aromatic rings. The first-order valence-electron chi connectivity index (χ1n) is 4.91. The Labute approximate surface area is 86.7 Å². The second-order valence-corrected chi connectivity index (χ2v) is 3.95. The Balaban J connectivity index is 4.04. The van der Waals surface area contributed by atoms with E-state index in [-0.39, 0.29) is 0 Å². The van der Waals surface area contributed by atoms with Crippen LogP contribution in [0.25, 0.3) is 0 Å². The van der Waals surface area contributed by atoms with Gasteiger partial charge in [-0.2, -0.15) is 0 Å². The lowest BCUT2D eigenvalue weighted by Crippen LogP contribution is -2.45. The average Bonchev–Trinajstić information content (AvgIpc) is 2.10. The van der Waals surface area contributed by atoms with Crippen LogP contribution in [0.4, 0.5) is 0 Å². The molecule has 0 saturated carbocycles. The van der Waals surface area contributed by atoms with Crippen LogP contribution < -0.4 is 16.6 Å². The van der Waals surface area contributed by atoms with Crippen molar-refractivity contribution in [1.82, 2.24) is 15.6 Å². The molecule has 0 amide bonds. The summed E-state index contributed by atoms with van der Waals surface area (Å²) in [6.45, 7) is 6.93. The number of nitrogens with one attached hydrogen (secondary N) is 2. The van der Waals surface area contributed by atoms with E-state index in [0.717, 1.165) is 6.54 Å². The third kappa shape index (κ3) is 5.77. The second-order valence-electron chi connectivity index (χ2n) is 3.95. The van der Waals surface area contributed by atoms with Crippen LogP contribution in [0.1, 0.15) is 20.8 Å². The van der Waals surface area contributed by atoms with Crippen molar-refractivity contribution in [3.63, 3.8) is 0 Å². The highest BCUT2D eigenvalue weighted by atomic mass is 15.3. The van der Waals surface area contributed by atoms with E-state index in [4.69, 9.17) is 5.84 Å². The maximum Gasteiger partial charge on any atom is 0.205 e. The zero-order chi connectivity index (χ0) is 11.1. The summed E-state index contributed by atoms with van der Waals surface area (Å²) in [4.78, 5) is 6.45. The molecule has 0 aromatic carbocycles. The highest BCUT2D eigenvalue weighted by Crippen LogP contribution is 1.91. The normalized spacial score (nSPS) is 14.7. The Kier molecular flexibility index (Phi) is 6.23. The largest absolute Gasteiger partial charge is 0.353 e. The van der Waals surface area contributed by atoms with Gasteiger partial charge in [-0.1, -0.05) is 0 Å². The Morgan fingerprint density at radius 1 is 1.36 bits per heavy atom. The Hall–Kier alpha value is -0.810. The third-order valence-electron chi connectivity index (χ3n) is 1.96. The molecule has 0 fully saturated rings. The van der Waals surface area contributed by atoms with Crippen molar-refractivity contribution in [2.24, 2.45) is 10.8 Å². The van der Waals surface area contributed by atoms with Gasteiger partial charge in [-0.15, -0.1) is 0 Å². The number of nitrogens with two attached hydrogens (primary N) is 1. The van der Waals surface area contributed by atoms with Crippen LogP contribution in [0.5, 0.6) is 0 Å². The molecule has 5 nitrogen and oxygen atoms in total. The molecule has 0 rings (SSSR count). The summed E-state index contributed by atoms with van der Waals surface area (Å²) >= 11 is 0. The fraction of sp³-hybridized carbons (Fsp3) is 0.889. The maximum atomic E-state index is 5.33. The van der Waals surface area contributed by atoms with Crippen LogP contribution in [0.15, 0.2) is 4.99 Å². The van der Waals surface area contributed by atoms with E-state index in [0.29, 0.717) is 18.0 Å². The van der Waals surface area contributed by atoms with E-state index in [1.165, 1.54) is 0 Å². The molecule has 4 N–H and O–H groups in total. The molecule has 0 aliphatic rings. The van der Waals surface area contributed by atoms with Gasteiger partial charge in [0.15, 0.2) is 0 Å². The molecular weight excluding hydrogens is 178 g/mol. The average molecular weight is 201 g/mol. The van der Waals surface area contributed by atoms with Crippen molar-refractivity contribution in [1.29, 1.82) is 0 Å². The Morgan fingerprint density at radius 2 is 1.93 bits per heavy atom. The summed E-state index contributed by atoms with van der Waals surface area (Å²) in [6, 6.07) is 0.742. The fourth-order valence-corrected chi connectivity index (χ4v) is 0.793. The lowest BCUT2D eigenvalue weighted by Gasteiger charge is -2.18. The number of guanidine groups is 1. The summed E-state index contributed by atoms with van der Waals surface area (Å²) in [7, 11) is 4.07. The van der Waals surface area contributed by atoms with Gasteiger partial charge in [-0.05, 0) is 34.9 Å². The monoisotopic (exact) mass is 201 g/mol. The van der Waals surface area contributed by atoms with E-state index >= 15 is 0 Å². The molecule has 0 radical (unpaired) electrons. The van der Waals surface area contributed by atoms with Crippen molar-refractivity contribution in [2.75, 3.05) is 20.6 Å². The Bertz CT molecular complexity index is 176. The quantitative estimate of drug-likeness (QED) is 0.254. The van der Waals surface area contributed by atoms with E-state index in [1.807, 2.05) is 27.9 Å². The summed E-state index contributed by atoms with van der Waals surface area (Å²) in [5.41, 5.74) is 2.55. The predicted molar refractivity (Wildman–Crippen MR) is 61.0 cm³/mol. The summed E-state index contributed by atoms with van der Waals surface area (Å²) in [6.07, 6.45) is 0. The molecule has 1 atom stereocenters. The van der Waals surface area contributed by atoms with E-state index in [9.17, 15) is 0 Å². The van der Waals surface area contributed by atoms with Crippen LogP contribution in [-0.2, 0) is 0 Å². The molecule has 0 spiro atoms. The van der Waals surface area contributed by atoms with Crippen molar-refractivity contribution in [3.8, 4) is 0 Å². The van der Waals surface area contributed by atoms with Gasteiger partial charge in [0, 0.05) is 12.1 Å². The molecule has 14 heavy (non-hydrogen) atoms. The van der Waals surface area contributed by atoms with Crippen LogP contribution in [-0.4, -0.2) is 43.6 Å². The molecule has 0 bridgehead atoms. The van der Waals surface area contributed by atoms with Gasteiger partial charge in [-0.25, -0.2) is 5.84 Å². The summed E-state index contributed by atoms with van der Waals surface area (Å²) < 4.78 is 0. The predicted octanol–water partition coefficient (Wildman–Crippen LogP) is -0.246. The van der Waals surface area contributed by atoms with Crippen LogP contribution >= 0.6 is 0 Å². The van der Waals surface area contributed by atoms with Gasteiger partial charge in [0.25, 0.3) is 0 Å². The van der Waals surface area contributed by atoms with Gasteiger partial charge in [0.2, 0.25) is 5.96 Å². The lowest BCUT2D eigenvalue weighted by atomic mass is 10.3. The number of likely N-dealkylation sites (N-methyl/N-ethyl adjacent to an activating group) is 1. The molecule has 84 valence electrons. The smallest absolute Gasteiger partial charge is 0.205 e. The molecule has 0 heterocycles. The van der Waals surface area contributed by atoms with Crippen LogP contribution in [0.3, 0.4) is 0 Å². The molecule has 1 unspecified atom stereocenters. The zero-order valence-corrected chi connectivity index (χ0v) is 9.83. The van der Waals surface area contributed by atoms with Gasteiger partial charge >= 0.3 is 0 Å². The van der Waals surface area contributed by atoms with Gasteiger partial charge in [0.05, 0.1) is 6.54 Å². The SMILES string of the molecule is CC(C)NC(=NCC(C)N(C)C)NN. The lowest BCUT2D eigenvalue weighted by molar-refractivity contribution is 0.320. The number of aliphatic imine (C=N–C) groups is 1. The van der Waals surface area contributed by atoms with Crippen molar-refractivity contribution in [3.05, 3.63) is 0 Å². The highest BCUT2D eigenvalue weighted by Gasteiger charge is 2.04. The van der Waals surface area contributed by atoms with Crippen molar-refractivity contribution < 1.29 is 0 Å². The van der Waals surface area contributed by atoms with Crippen LogP contribution in [0.2, 0.25) is 0 Å². The minimum atomic E-state index is 0.333. The molecule has 0 aliphatic heterocycles. The van der Waals surface area contributed by atoms with Crippen LogP contribution in [0, 0.1) is 0 Å². The molecule has 0 aliphatic carbocycles. The Morgan fingerprint density at radius 3 is 2.29 bits per heavy atom. The van der Waals surface area contributed by atoms with E-state index < -0.39 is 0 Å². The topological polar surface area (TPSA) is 65.7 Å². The number of hydrazine groups is 1. The molecule has 5 heteroatoms. The van der Waals surface area contributed by atoms with E-state index in [2.05, 4.69) is 27.6 Å². The number of rotatable bonds is 4. The standard InChI is InChI=1S/C9H23N5/c1-7(2)12-9(13-10)11-6-8(3)14(4)5/h7-8H,6,10H2,1-5H3,(H2,11,12,13). The van der Waals surface area contributed by atoms with E-state index in [1.54, 1.807) is 0 Å². The van der Waals surface area contributed by atoms with Crippen molar-refractivity contribution in [2.45, 2.75) is 32.9 Å². The van der Waals surface area contributed by atoms with Gasteiger partial charge in [0.1, 0.15) is 0 Å². The number of hydrogen-bond acceptors (Lipinski definition) is 3. The number of nitrogens with zero attached hydrogens (tertiary/aromatic N) is 2. The minimum absolute atomic E-state index is 0.333. The molecular formula is C9H23N5. The highest BCUT2D eigenvalue weighted by molar-refractivity contribution is 5.79. The van der Waals surface area contributed by atoms with Gasteiger partial charge < -0.3 is 10.2 Å². The van der Waals surface area contributed by atoms with Crippen molar-refractivity contribution >= 4 is 5.96 Å². The molecule has 0 aromatic heterocycles. The third-order valence-corrected chi connectivity index (χ3v) is 1.96. The first-order chi connectivity index (χ1) is 6.47. The summed E-state index contributed by atoms with van der Waals surface area (Å²) in [5.74, 6) is 5.97. The summed E-state index contributed by atoms with van der Waals surface area (Å²) in [5, 5.41) is 3.12. The number of hydrogen-bond donors (Lipinski definition) is 3. The first kappa shape index (κ1) is 13.2. The maximum absolute atomic E-state index is 5.33. The fourth-order valence-electron chi connectivity index (χ4n) is 0.793.